The highest BCUT2D eigenvalue weighted by Gasteiger charge is 2.22. The Morgan fingerprint density at radius 1 is 1.29 bits per heavy atom. The Balaban J connectivity index is 2.65. The number of hydrogen-bond donors (Lipinski definition) is 0. The first-order chi connectivity index (χ1) is 6.39. The fourth-order valence-corrected chi connectivity index (χ4v) is 1.36. The number of nitrogens with zero attached hydrogens (tertiary/aromatic N) is 2. The molecule has 0 saturated heterocycles. The van der Waals surface area contributed by atoms with Crippen molar-refractivity contribution >= 4 is 15.9 Å². The lowest BCUT2D eigenvalue weighted by Crippen LogP contribution is -2.23. The average molecular weight is 257 g/mol. The van der Waals surface area contributed by atoms with E-state index in [1.54, 1.807) is 0 Å². The third kappa shape index (κ3) is 3.37. The molecule has 0 fully saturated rings. The van der Waals surface area contributed by atoms with Crippen LogP contribution in [-0.4, -0.2) is 15.0 Å². The van der Waals surface area contributed by atoms with Crippen molar-refractivity contribution < 1.29 is 0 Å². The van der Waals surface area contributed by atoms with Gasteiger partial charge in [0.1, 0.15) is 0 Å². The molecule has 0 aromatic carbocycles. The fraction of sp³-hybridized carbons (Fsp3) is 0.636. The fourth-order valence-electron chi connectivity index (χ4n) is 1.03. The molecule has 1 aromatic heterocycles. The van der Waals surface area contributed by atoms with Crippen LogP contribution in [0.1, 0.15) is 32.2 Å². The average Bonchev–Trinajstić information content (AvgIpc) is 2.07. The van der Waals surface area contributed by atoms with E-state index in [1.165, 1.54) is 0 Å². The van der Waals surface area contributed by atoms with Crippen molar-refractivity contribution in [2.75, 3.05) is 0 Å². The molecule has 1 unspecified atom stereocenters. The second-order valence-corrected chi connectivity index (χ2v) is 5.81. The molecular formula is C11H17BrN2. The molecule has 0 aliphatic carbocycles. The monoisotopic (exact) mass is 256 g/mol. The molecule has 0 bridgehead atoms. The molecule has 14 heavy (non-hydrogen) atoms. The highest BCUT2D eigenvalue weighted by Crippen LogP contribution is 2.28. The Labute approximate surface area is 94.3 Å². The summed E-state index contributed by atoms with van der Waals surface area (Å²) in [5.74, 6) is 0. The molecule has 78 valence electrons. The molecule has 0 N–H and O–H groups in total. The van der Waals surface area contributed by atoms with Crippen molar-refractivity contribution in [3.8, 4) is 0 Å². The molecule has 0 saturated carbocycles. The summed E-state index contributed by atoms with van der Waals surface area (Å²) in [7, 11) is 0. The maximum Gasteiger partial charge on any atom is 0.0642 e. The van der Waals surface area contributed by atoms with Crippen LogP contribution < -0.4 is 0 Å². The summed E-state index contributed by atoms with van der Waals surface area (Å²) in [4.78, 5) is 0.437. The van der Waals surface area contributed by atoms with Crippen LogP contribution >= 0.6 is 15.9 Å². The largest absolute Gasteiger partial charge is 0.156 e. The van der Waals surface area contributed by atoms with E-state index < -0.39 is 0 Å². The van der Waals surface area contributed by atoms with Crippen LogP contribution in [0.3, 0.4) is 0 Å². The minimum absolute atomic E-state index is 0.257. The van der Waals surface area contributed by atoms with E-state index in [1.807, 2.05) is 19.1 Å². The summed E-state index contributed by atoms with van der Waals surface area (Å²) >= 11 is 3.69. The van der Waals surface area contributed by atoms with Gasteiger partial charge in [-0.25, -0.2) is 0 Å². The molecule has 0 aliphatic rings. The highest BCUT2D eigenvalue weighted by molar-refractivity contribution is 9.09. The molecule has 1 heterocycles. The zero-order valence-corrected chi connectivity index (χ0v) is 10.8. The summed E-state index contributed by atoms with van der Waals surface area (Å²) in [5, 5.41) is 8.20. The van der Waals surface area contributed by atoms with Crippen molar-refractivity contribution in [3.63, 3.8) is 0 Å². The Bertz CT molecular complexity index is 287. The topological polar surface area (TPSA) is 25.8 Å². The summed E-state index contributed by atoms with van der Waals surface area (Å²) in [6.45, 7) is 8.60. The van der Waals surface area contributed by atoms with E-state index in [2.05, 4.69) is 46.9 Å². The van der Waals surface area contributed by atoms with Gasteiger partial charge >= 0.3 is 0 Å². The van der Waals surface area contributed by atoms with Gasteiger partial charge < -0.3 is 0 Å². The molecule has 1 rings (SSSR count). The molecule has 1 aromatic rings. The van der Waals surface area contributed by atoms with Crippen LogP contribution in [0.4, 0.5) is 0 Å². The van der Waals surface area contributed by atoms with Gasteiger partial charge in [0.2, 0.25) is 0 Å². The Morgan fingerprint density at radius 3 is 2.36 bits per heavy atom. The highest BCUT2D eigenvalue weighted by atomic mass is 79.9. The van der Waals surface area contributed by atoms with Gasteiger partial charge in [0, 0.05) is 11.2 Å². The third-order valence-corrected chi connectivity index (χ3v) is 3.88. The first-order valence-electron chi connectivity index (χ1n) is 4.83. The predicted molar refractivity (Wildman–Crippen MR) is 62.6 cm³/mol. The van der Waals surface area contributed by atoms with Crippen LogP contribution in [-0.2, 0) is 6.42 Å². The zero-order chi connectivity index (χ0) is 10.8. The first kappa shape index (κ1) is 11.6. The molecule has 3 heteroatoms. The van der Waals surface area contributed by atoms with Gasteiger partial charge in [-0.3, -0.25) is 0 Å². The van der Waals surface area contributed by atoms with Crippen molar-refractivity contribution in [1.29, 1.82) is 0 Å². The number of halogens is 1. The number of rotatable bonds is 2. The smallest absolute Gasteiger partial charge is 0.0642 e. The lowest BCUT2D eigenvalue weighted by molar-refractivity contribution is 0.395. The van der Waals surface area contributed by atoms with Gasteiger partial charge in [-0.05, 0) is 24.5 Å². The minimum atomic E-state index is 0.257. The van der Waals surface area contributed by atoms with Gasteiger partial charge in [0.15, 0.2) is 0 Å². The molecule has 0 amide bonds. The number of aromatic nitrogens is 2. The molecule has 0 radical (unpaired) electrons. The second kappa shape index (κ2) is 4.39. The summed E-state index contributed by atoms with van der Waals surface area (Å²) in [6.07, 6.45) is 0.927. The van der Waals surface area contributed by atoms with Crippen LogP contribution in [0.5, 0.6) is 0 Å². The van der Waals surface area contributed by atoms with E-state index in [-0.39, 0.29) is 5.41 Å². The van der Waals surface area contributed by atoms with E-state index in [0.717, 1.165) is 17.8 Å². The summed E-state index contributed by atoms with van der Waals surface area (Å²) in [6, 6.07) is 4.05. The lowest BCUT2D eigenvalue weighted by Gasteiger charge is -2.24. The van der Waals surface area contributed by atoms with Crippen molar-refractivity contribution in [1.82, 2.24) is 10.2 Å². The first-order valence-corrected chi connectivity index (χ1v) is 5.74. The molecule has 0 spiro atoms. The SMILES string of the molecule is Cc1ccc(CC(Br)C(C)(C)C)nn1. The van der Waals surface area contributed by atoms with E-state index in [4.69, 9.17) is 0 Å². The van der Waals surface area contributed by atoms with Crippen LogP contribution in [0.2, 0.25) is 0 Å². The predicted octanol–water partition coefficient (Wildman–Crippen LogP) is 3.14. The number of aryl methyl sites for hydroxylation is 1. The summed E-state index contributed by atoms with van der Waals surface area (Å²) in [5.41, 5.74) is 2.27. The zero-order valence-electron chi connectivity index (χ0n) is 9.21. The number of hydrogen-bond acceptors (Lipinski definition) is 2. The summed E-state index contributed by atoms with van der Waals surface area (Å²) < 4.78 is 0. The minimum Gasteiger partial charge on any atom is -0.156 e. The van der Waals surface area contributed by atoms with Crippen molar-refractivity contribution in [2.24, 2.45) is 5.41 Å². The van der Waals surface area contributed by atoms with E-state index >= 15 is 0 Å². The third-order valence-electron chi connectivity index (χ3n) is 2.18. The van der Waals surface area contributed by atoms with E-state index in [0.29, 0.717) is 4.83 Å². The van der Waals surface area contributed by atoms with Crippen molar-refractivity contribution in [2.45, 2.75) is 38.9 Å². The normalized spacial score (nSPS) is 14.1. The Morgan fingerprint density at radius 2 is 1.93 bits per heavy atom. The van der Waals surface area contributed by atoms with Gasteiger partial charge in [0.05, 0.1) is 11.4 Å². The standard InChI is InChI=1S/C11H17BrN2/c1-8-5-6-9(14-13-8)7-10(12)11(2,3)4/h5-6,10H,7H2,1-4H3. The van der Waals surface area contributed by atoms with Crippen molar-refractivity contribution in [3.05, 3.63) is 23.5 Å². The van der Waals surface area contributed by atoms with Crippen LogP contribution in [0.15, 0.2) is 12.1 Å². The lowest BCUT2D eigenvalue weighted by atomic mass is 9.89. The molecule has 2 nitrogen and oxygen atoms in total. The van der Waals surface area contributed by atoms with Crippen LogP contribution in [0, 0.1) is 12.3 Å². The van der Waals surface area contributed by atoms with Gasteiger partial charge in [0.25, 0.3) is 0 Å². The van der Waals surface area contributed by atoms with Crippen LogP contribution in [0.25, 0.3) is 0 Å². The molecular weight excluding hydrogens is 240 g/mol. The maximum absolute atomic E-state index is 4.15. The van der Waals surface area contributed by atoms with Gasteiger partial charge in [-0.15, -0.1) is 0 Å². The maximum atomic E-state index is 4.15. The van der Waals surface area contributed by atoms with Gasteiger partial charge in [-0.2, -0.15) is 10.2 Å². The molecule has 1 atom stereocenters. The van der Waals surface area contributed by atoms with E-state index in [9.17, 15) is 0 Å². The molecule has 0 aliphatic heterocycles. The number of alkyl halides is 1. The Kier molecular flexibility index (Phi) is 3.65. The second-order valence-electron chi connectivity index (χ2n) is 4.70. The van der Waals surface area contributed by atoms with Gasteiger partial charge in [-0.1, -0.05) is 36.7 Å². The quantitative estimate of drug-likeness (QED) is 0.760. The Hall–Kier alpha value is -0.440.